The summed E-state index contributed by atoms with van der Waals surface area (Å²) in [6.45, 7) is 4.67. The van der Waals surface area contributed by atoms with Gasteiger partial charge in [0.2, 0.25) is 5.91 Å². The van der Waals surface area contributed by atoms with E-state index >= 15 is 0 Å². The van der Waals surface area contributed by atoms with Gasteiger partial charge < -0.3 is 10.0 Å². The van der Waals surface area contributed by atoms with Crippen LogP contribution in [0.4, 0.5) is 10.1 Å². The molecule has 0 unspecified atom stereocenters. The summed E-state index contributed by atoms with van der Waals surface area (Å²) < 4.78 is 13.9. The van der Waals surface area contributed by atoms with Gasteiger partial charge in [0.05, 0.1) is 12.6 Å². The van der Waals surface area contributed by atoms with E-state index in [4.69, 9.17) is 0 Å². The van der Waals surface area contributed by atoms with Gasteiger partial charge in [0, 0.05) is 11.3 Å². The topological polar surface area (TPSA) is 69.6 Å². The van der Waals surface area contributed by atoms with Crippen molar-refractivity contribution in [1.82, 2.24) is 5.32 Å². The van der Waals surface area contributed by atoms with Crippen LogP contribution in [0.15, 0.2) is 18.2 Å². The lowest BCUT2D eigenvalue weighted by molar-refractivity contribution is -0.135. The van der Waals surface area contributed by atoms with Gasteiger partial charge in [-0.15, -0.1) is 0 Å². The number of aliphatic hydroxyl groups is 1. The molecular formula is C14H17FN2O3. The fraction of sp³-hybridized carbons (Fsp3) is 0.429. The summed E-state index contributed by atoms with van der Waals surface area (Å²) in [5.74, 6) is -1.46. The monoisotopic (exact) mass is 280 g/mol. The number of rotatable bonds is 2. The molecule has 0 aromatic heterocycles. The molecule has 1 atom stereocenters. The van der Waals surface area contributed by atoms with Crippen molar-refractivity contribution in [3.8, 4) is 0 Å². The van der Waals surface area contributed by atoms with Crippen molar-refractivity contribution in [2.75, 3.05) is 11.4 Å². The van der Waals surface area contributed by atoms with Crippen LogP contribution < -0.4 is 10.2 Å². The SMILES string of the molecule is C[C@@H](O)c1c(F)cccc1N1CC(=O)NC(=O)C1(C)C. The molecule has 1 aliphatic rings. The minimum Gasteiger partial charge on any atom is -0.389 e. The van der Waals surface area contributed by atoms with Crippen LogP contribution in [0.25, 0.3) is 0 Å². The molecule has 1 aliphatic heterocycles. The number of halogens is 1. The Labute approximate surface area is 116 Å². The Morgan fingerprint density at radius 3 is 2.65 bits per heavy atom. The molecule has 1 heterocycles. The van der Waals surface area contributed by atoms with Gasteiger partial charge in [-0.3, -0.25) is 14.9 Å². The molecule has 1 fully saturated rings. The van der Waals surface area contributed by atoms with Crippen LogP contribution in [0.5, 0.6) is 0 Å². The van der Waals surface area contributed by atoms with Gasteiger partial charge in [0.1, 0.15) is 11.4 Å². The lowest BCUT2D eigenvalue weighted by atomic mass is 9.95. The maximum absolute atomic E-state index is 13.9. The number of aliphatic hydroxyl groups excluding tert-OH is 1. The van der Waals surface area contributed by atoms with Crippen LogP contribution in [0, 0.1) is 5.82 Å². The van der Waals surface area contributed by atoms with Gasteiger partial charge in [-0.1, -0.05) is 6.07 Å². The van der Waals surface area contributed by atoms with E-state index in [0.29, 0.717) is 5.69 Å². The third kappa shape index (κ3) is 2.27. The number of nitrogens with zero attached hydrogens (tertiary/aromatic N) is 1. The predicted octanol–water partition coefficient (Wildman–Crippen LogP) is 1.12. The quantitative estimate of drug-likeness (QED) is 0.797. The lowest BCUT2D eigenvalue weighted by Gasteiger charge is -2.42. The van der Waals surface area contributed by atoms with Crippen LogP contribution in [0.2, 0.25) is 0 Å². The number of hydrogen-bond acceptors (Lipinski definition) is 4. The number of carbonyl (C=O) groups is 2. The predicted molar refractivity (Wildman–Crippen MR) is 71.6 cm³/mol. The standard InChI is InChI=1S/C14H17FN2O3/c1-8(18)12-9(15)5-4-6-10(12)17-7-11(19)16-13(20)14(17,2)3/h4-6,8,18H,7H2,1-3H3,(H,16,19,20)/t8-/m1/s1. The van der Waals surface area contributed by atoms with Crippen molar-refractivity contribution >= 4 is 17.5 Å². The molecule has 0 bridgehead atoms. The van der Waals surface area contributed by atoms with Crippen LogP contribution >= 0.6 is 0 Å². The average Bonchev–Trinajstić information content (AvgIpc) is 2.33. The van der Waals surface area contributed by atoms with Gasteiger partial charge in [-0.25, -0.2) is 4.39 Å². The van der Waals surface area contributed by atoms with Crippen molar-refractivity contribution in [3.05, 3.63) is 29.6 Å². The third-order valence-electron chi connectivity index (χ3n) is 3.52. The fourth-order valence-electron chi connectivity index (χ4n) is 2.34. The van der Waals surface area contributed by atoms with E-state index in [1.54, 1.807) is 19.9 Å². The molecule has 2 rings (SSSR count). The van der Waals surface area contributed by atoms with Gasteiger partial charge in [-0.05, 0) is 32.9 Å². The maximum atomic E-state index is 13.9. The maximum Gasteiger partial charge on any atom is 0.251 e. The lowest BCUT2D eigenvalue weighted by Crippen LogP contribution is -2.64. The summed E-state index contributed by atoms with van der Waals surface area (Å²) in [4.78, 5) is 25.0. The van der Waals surface area contributed by atoms with Gasteiger partial charge >= 0.3 is 0 Å². The van der Waals surface area contributed by atoms with Crippen LogP contribution in [0.3, 0.4) is 0 Å². The number of carbonyl (C=O) groups excluding carboxylic acids is 2. The molecule has 2 N–H and O–H groups in total. The first kappa shape index (κ1) is 14.5. The summed E-state index contributed by atoms with van der Waals surface area (Å²) in [5.41, 5.74) is -0.568. The number of nitrogens with one attached hydrogen (secondary N) is 1. The normalized spacial score (nSPS) is 19.8. The minimum atomic E-state index is -1.04. The number of benzene rings is 1. The first-order valence-corrected chi connectivity index (χ1v) is 6.33. The van der Waals surface area contributed by atoms with Crippen LogP contribution in [-0.2, 0) is 9.59 Å². The molecular weight excluding hydrogens is 263 g/mol. The summed E-state index contributed by atoms with van der Waals surface area (Å²) in [6.07, 6.45) is -1.04. The Hall–Kier alpha value is -1.95. The van der Waals surface area contributed by atoms with Crippen molar-refractivity contribution < 1.29 is 19.1 Å². The number of piperazine rings is 1. The Bertz CT molecular complexity index is 570. The summed E-state index contributed by atoms with van der Waals surface area (Å²) in [6, 6.07) is 4.33. The van der Waals surface area contributed by atoms with Crippen molar-refractivity contribution in [2.24, 2.45) is 0 Å². The van der Waals surface area contributed by atoms with Gasteiger partial charge in [0.25, 0.3) is 5.91 Å². The first-order valence-electron chi connectivity index (χ1n) is 6.33. The second kappa shape index (κ2) is 4.86. The highest BCUT2D eigenvalue weighted by Gasteiger charge is 2.42. The van der Waals surface area contributed by atoms with Crippen LogP contribution in [-0.4, -0.2) is 29.0 Å². The Balaban J connectivity index is 2.57. The first-order chi connectivity index (χ1) is 9.25. The Morgan fingerprint density at radius 1 is 1.40 bits per heavy atom. The number of imide groups is 1. The highest BCUT2D eigenvalue weighted by Crippen LogP contribution is 2.34. The zero-order chi connectivity index (χ0) is 15.1. The van der Waals surface area contributed by atoms with Crippen molar-refractivity contribution in [3.63, 3.8) is 0 Å². The highest BCUT2D eigenvalue weighted by molar-refractivity contribution is 6.06. The summed E-state index contributed by atoms with van der Waals surface area (Å²) >= 11 is 0. The van der Waals surface area contributed by atoms with E-state index in [0.717, 1.165) is 0 Å². The molecule has 2 amide bonds. The summed E-state index contributed by atoms with van der Waals surface area (Å²) in [7, 11) is 0. The molecule has 0 radical (unpaired) electrons. The summed E-state index contributed by atoms with van der Waals surface area (Å²) in [5, 5.41) is 12.0. The largest absolute Gasteiger partial charge is 0.389 e. The van der Waals surface area contributed by atoms with Crippen molar-refractivity contribution in [1.29, 1.82) is 0 Å². The fourth-order valence-corrected chi connectivity index (χ4v) is 2.34. The average molecular weight is 280 g/mol. The molecule has 20 heavy (non-hydrogen) atoms. The van der Waals surface area contributed by atoms with Gasteiger partial charge in [0.15, 0.2) is 0 Å². The zero-order valence-electron chi connectivity index (χ0n) is 11.6. The molecule has 0 saturated carbocycles. The molecule has 108 valence electrons. The van der Waals surface area contributed by atoms with E-state index in [2.05, 4.69) is 5.32 Å². The Morgan fingerprint density at radius 2 is 2.05 bits per heavy atom. The Kier molecular flexibility index (Phi) is 3.52. The number of amides is 2. The molecule has 5 nitrogen and oxygen atoms in total. The molecule has 0 aliphatic carbocycles. The minimum absolute atomic E-state index is 0.0675. The zero-order valence-corrected chi connectivity index (χ0v) is 11.6. The number of anilines is 1. The molecule has 1 aromatic rings. The van der Waals surface area contributed by atoms with Gasteiger partial charge in [-0.2, -0.15) is 0 Å². The molecule has 1 saturated heterocycles. The second-order valence-electron chi connectivity index (χ2n) is 5.37. The highest BCUT2D eigenvalue weighted by atomic mass is 19.1. The third-order valence-corrected chi connectivity index (χ3v) is 3.52. The van der Waals surface area contributed by atoms with E-state index < -0.39 is 29.3 Å². The van der Waals surface area contributed by atoms with Crippen molar-refractivity contribution in [2.45, 2.75) is 32.4 Å². The van der Waals surface area contributed by atoms with E-state index in [-0.39, 0.29) is 12.1 Å². The molecule has 1 aromatic carbocycles. The van der Waals surface area contributed by atoms with E-state index in [9.17, 15) is 19.1 Å². The smallest absolute Gasteiger partial charge is 0.251 e. The number of hydrogen-bond donors (Lipinski definition) is 2. The van der Waals surface area contributed by atoms with Crippen LogP contribution in [0.1, 0.15) is 32.4 Å². The molecule has 6 heteroatoms. The second-order valence-corrected chi connectivity index (χ2v) is 5.37. The van der Waals surface area contributed by atoms with E-state index in [1.165, 1.54) is 24.0 Å². The molecule has 0 spiro atoms. The van der Waals surface area contributed by atoms with E-state index in [1.807, 2.05) is 0 Å².